The van der Waals surface area contributed by atoms with E-state index in [-0.39, 0.29) is 12.1 Å². The molecule has 5 nitrogen and oxygen atoms in total. The standard InChI is InChI=1S/C19H18N2O3S/c22-17(23)12-24-21-18-15-9-5-4-6-13(15)10-11-16(18)25-19(21)20-14-7-2-1-3-8-14/h1-9,19-20H,10-12H2,(H,22,23). The number of carboxylic acids is 1. The number of para-hydroxylation sites is 1. The summed E-state index contributed by atoms with van der Waals surface area (Å²) in [5.41, 5.74) is 4.15. The van der Waals surface area contributed by atoms with Gasteiger partial charge in [0.2, 0.25) is 0 Å². The van der Waals surface area contributed by atoms with Crippen LogP contribution in [0.15, 0.2) is 59.5 Å². The van der Waals surface area contributed by atoms with Gasteiger partial charge in [0.1, 0.15) is 0 Å². The third-order valence-electron chi connectivity index (χ3n) is 4.24. The molecule has 2 aromatic rings. The molecule has 0 saturated heterocycles. The first-order valence-electron chi connectivity index (χ1n) is 8.16. The minimum Gasteiger partial charge on any atom is -0.479 e. The summed E-state index contributed by atoms with van der Waals surface area (Å²) in [4.78, 5) is 17.9. The molecule has 0 bridgehead atoms. The monoisotopic (exact) mass is 354 g/mol. The van der Waals surface area contributed by atoms with Gasteiger partial charge in [-0.3, -0.25) is 4.84 Å². The van der Waals surface area contributed by atoms with Gasteiger partial charge in [-0.25, -0.2) is 9.86 Å². The van der Waals surface area contributed by atoms with Crippen LogP contribution in [0.3, 0.4) is 0 Å². The Hall–Kier alpha value is -2.44. The number of aryl methyl sites for hydroxylation is 1. The van der Waals surface area contributed by atoms with Gasteiger partial charge in [0.15, 0.2) is 12.1 Å². The quantitative estimate of drug-likeness (QED) is 0.852. The first-order valence-corrected chi connectivity index (χ1v) is 9.04. The van der Waals surface area contributed by atoms with Crippen LogP contribution in [0.25, 0.3) is 5.70 Å². The number of allylic oxidation sites excluding steroid dienone is 1. The first kappa shape index (κ1) is 16.1. The average Bonchev–Trinajstić information content (AvgIpc) is 2.98. The molecule has 4 rings (SSSR count). The lowest BCUT2D eigenvalue weighted by atomic mass is 9.94. The predicted molar refractivity (Wildman–Crippen MR) is 98.6 cm³/mol. The van der Waals surface area contributed by atoms with E-state index in [1.807, 2.05) is 42.5 Å². The predicted octanol–water partition coefficient (Wildman–Crippen LogP) is 3.76. The summed E-state index contributed by atoms with van der Waals surface area (Å²) >= 11 is 1.69. The van der Waals surface area contributed by atoms with Crippen molar-refractivity contribution in [1.29, 1.82) is 0 Å². The minimum absolute atomic E-state index is 0.196. The Balaban J connectivity index is 1.65. The number of hydroxylamine groups is 2. The van der Waals surface area contributed by atoms with Gasteiger partial charge >= 0.3 is 5.97 Å². The van der Waals surface area contributed by atoms with Crippen molar-refractivity contribution < 1.29 is 14.7 Å². The van der Waals surface area contributed by atoms with E-state index in [2.05, 4.69) is 17.4 Å². The molecule has 6 heteroatoms. The molecule has 0 fully saturated rings. The normalized spacial score (nSPS) is 18.7. The molecule has 1 heterocycles. The van der Waals surface area contributed by atoms with Crippen LogP contribution in [0.4, 0.5) is 5.69 Å². The van der Waals surface area contributed by atoms with E-state index in [9.17, 15) is 4.79 Å². The number of fused-ring (bicyclic) bond motifs is 2. The van der Waals surface area contributed by atoms with Crippen LogP contribution in [-0.4, -0.2) is 28.2 Å². The highest BCUT2D eigenvalue weighted by atomic mass is 32.2. The Kier molecular flexibility index (Phi) is 4.38. The number of nitrogens with one attached hydrogen (secondary N) is 1. The van der Waals surface area contributed by atoms with Crippen LogP contribution >= 0.6 is 11.8 Å². The SMILES string of the molecule is O=C(O)CON1C2=C(CCc3ccccc32)SC1Nc1ccccc1. The van der Waals surface area contributed by atoms with Crippen molar-refractivity contribution in [2.24, 2.45) is 0 Å². The second-order valence-corrected chi connectivity index (χ2v) is 7.08. The molecule has 0 saturated carbocycles. The zero-order valence-corrected chi connectivity index (χ0v) is 14.3. The number of anilines is 1. The van der Waals surface area contributed by atoms with Crippen LogP contribution in [-0.2, 0) is 16.1 Å². The Labute approximate surface area is 150 Å². The smallest absolute Gasteiger partial charge is 0.332 e. The van der Waals surface area contributed by atoms with Gasteiger partial charge in [0, 0.05) is 16.2 Å². The lowest BCUT2D eigenvalue weighted by Gasteiger charge is -2.29. The third-order valence-corrected chi connectivity index (χ3v) is 5.45. The van der Waals surface area contributed by atoms with Crippen LogP contribution in [0.1, 0.15) is 17.5 Å². The van der Waals surface area contributed by atoms with E-state index < -0.39 is 5.97 Å². The summed E-state index contributed by atoms with van der Waals surface area (Å²) < 4.78 is 0. The fourth-order valence-electron chi connectivity index (χ4n) is 3.16. The lowest BCUT2D eigenvalue weighted by Crippen LogP contribution is -2.35. The summed E-state index contributed by atoms with van der Waals surface area (Å²) in [5.74, 6) is -0.985. The fourth-order valence-corrected chi connectivity index (χ4v) is 4.42. The number of aliphatic carboxylic acids is 1. The van der Waals surface area contributed by atoms with Crippen LogP contribution in [0, 0.1) is 0 Å². The molecule has 1 aliphatic heterocycles. The fraction of sp³-hybridized carbons (Fsp3) is 0.211. The van der Waals surface area contributed by atoms with Crippen LogP contribution < -0.4 is 5.32 Å². The van der Waals surface area contributed by atoms with Gasteiger partial charge in [-0.1, -0.05) is 54.2 Å². The number of benzene rings is 2. The average molecular weight is 354 g/mol. The Morgan fingerprint density at radius 1 is 1.16 bits per heavy atom. The Morgan fingerprint density at radius 2 is 1.92 bits per heavy atom. The van der Waals surface area contributed by atoms with E-state index in [4.69, 9.17) is 9.94 Å². The molecule has 2 aromatic carbocycles. The largest absolute Gasteiger partial charge is 0.479 e. The summed E-state index contributed by atoms with van der Waals surface area (Å²) in [6.45, 7) is -0.369. The summed E-state index contributed by atoms with van der Waals surface area (Å²) in [5, 5.41) is 14.2. The number of rotatable bonds is 5. The topological polar surface area (TPSA) is 61.8 Å². The van der Waals surface area contributed by atoms with E-state index in [1.54, 1.807) is 16.8 Å². The maximum Gasteiger partial charge on any atom is 0.332 e. The molecule has 1 aliphatic carbocycles. The molecular formula is C19H18N2O3S. The van der Waals surface area contributed by atoms with Gasteiger partial charge in [0.25, 0.3) is 0 Å². The molecule has 0 radical (unpaired) electrons. The van der Waals surface area contributed by atoms with Crippen molar-refractivity contribution in [1.82, 2.24) is 5.06 Å². The van der Waals surface area contributed by atoms with Gasteiger partial charge < -0.3 is 10.4 Å². The van der Waals surface area contributed by atoms with Crippen molar-refractivity contribution in [2.75, 3.05) is 11.9 Å². The van der Waals surface area contributed by atoms with Crippen molar-refractivity contribution >= 4 is 29.1 Å². The van der Waals surface area contributed by atoms with E-state index in [0.29, 0.717) is 0 Å². The van der Waals surface area contributed by atoms with E-state index in [1.165, 1.54) is 10.5 Å². The van der Waals surface area contributed by atoms with Gasteiger partial charge in [-0.05, 0) is 30.5 Å². The number of carbonyl (C=O) groups is 1. The third kappa shape index (κ3) is 3.23. The number of hydrogen-bond donors (Lipinski definition) is 2. The molecule has 128 valence electrons. The second kappa shape index (κ2) is 6.82. The van der Waals surface area contributed by atoms with Gasteiger partial charge in [0.05, 0.1) is 5.70 Å². The summed E-state index contributed by atoms with van der Waals surface area (Å²) in [7, 11) is 0. The van der Waals surface area contributed by atoms with Crippen molar-refractivity contribution in [3.8, 4) is 0 Å². The number of carboxylic acid groups (broad SMARTS) is 1. The first-order chi connectivity index (χ1) is 12.2. The van der Waals surface area contributed by atoms with E-state index in [0.717, 1.165) is 29.8 Å². The lowest BCUT2D eigenvalue weighted by molar-refractivity contribution is -0.162. The molecule has 1 unspecified atom stereocenters. The van der Waals surface area contributed by atoms with Gasteiger partial charge in [-0.15, -0.1) is 0 Å². The zero-order valence-electron chi connectivity index (χ0n) is 13.5. The summed E-state index contributed by atoms with van der Waals surface area (Å²) in [6, 6.07) is 18.1. The number of hydrogen-bond acceptors (Lipinski definition) is 5. The molecule has 25 heavy (non-hydrogen) atoms. The maximum atomic E-state index is 11.0. The van der Waals surface area contributed by atoms with Crippen LogP contribution in [0.2, 0.25) is 0 Å². The van der Waals surface area contributed by atoms with Crippen molar-refractivity contribution in [3.63, 3.8) is 0 Å². The molecule has 2 aliphatic rings. The Morgan fingerprint density at radius 3 is 2.72 bits per heavy atom. The van der Waals surface area contributed by atoms with Crippen molar-refractivity contribution in [2.45, 2.75) is 18.3 Å². The molecule has 0 spiro atoms. The molecule has 0 aromatic heterocycles. The molecule has 2 N–H and O–H groups in total. The minimum atomic E-state index is -0.985. The molecule has 0 amide bonds. The number of thioether (sulfide) groups is 1. The summed E-state index contributed by atoms with van der Waals surface area (Å²) in [6.07, 6.45) is 1.93. The highest BCUT2D eigenvalue weighted by Gasteiger charge is 2.37. The molecule has 1 atom stereocenters. The second-order valence-electron chi connectivity index (χ2n) is 5.90. The molecular weight excluding hydrogens is 336 g/mol. The van der Waals surface area contributed by atoms with Crippen LogP contribution in [0.5, 0.6) is 0 Å². The maximum absolute atomic E-state index is 11.0. The van der Waals surface area contributed by atoms with Crippen molar-refractivity contribution in [3.05, 3.63) is 70.6 Å². The highest BCUT2D eigenvalue weighted by molar-refractivity contribution is 8.04. The highest BCUT2D eigenvalue weighted by Crippen LogP contribution is 2.48. The number of nitrogens with zero attached hydrogens (tertiary/aromatic N) is 1. The van der Waals surface area contributed by atoms with E-state index >= 15 is 0 Å². The zero-order chi connectivity index (χ0) is 17.2. The Bertz CT molecular complexity index is 822. The van der Waals surface area contributed by atoms with Gasteiger partial charge in [-0.2, -0.15) is 0 Å².